The Kier molecular flexibility index (Phi) is 10.1. The average molecular weight is 412 g/mol. The van der Waals surface area contributed by atoms with Gasteiger partial charge in [-0.25, -0.2) is 9.59 Å². The Hall–Kier alpha value is -1.31. The number of thioether (sulfide) groups is 1. The molecule has 1 unspecified atom stereocenters. The maximum absolute atomic E-state index is 11.5. The highest BCUT2D eigenvalue weighted by Crippen LogP contribution is 2.27. The van der Waals surface area contributed by atoms with Crippen LogP contribution in [0, 0.1) is 0 Å². The molecule has 7 heteroatoms. The van der Waals surface area contributed by atoms with Gasteiger partial charge in [-0.05, 0) is 42.5 Å². The Morgan fingerprint density at radius 3 is 2.37 bits per heavy atom. The summed E-state index contributed by atoms with van der Waals surface area (Å²) in [5.41, 5.74) is 6.66. The third-order valence-corrected chi connectivity index (χ3v) is 9.55. The smallest absolute Gasteiger partial charge is 0.335 e. The molecule has 0 fully saturated rings. The van der Waals surface area contributed by atoms with Crippen LogP contribution in [0.4, 0.5) is 0 Å². The third kappa shape index (κ3) is 8.07. The normalized spacial score (nSPS) is 12.7. The molecule has 5 nitrogen and oxygen atoms in total. The molecule has 1 atom stereocenters. The molecule has 0 aromatic heterocycles. The van der Waals surface area contributed by atoms with Crippen LogP contribution in [-0.4, -0.2) is 48.3 Å². The first-order chi connectivity index (χ1) is 12.7. The van der Waals surface area contributed by atoms with E-state index in [1.54, 1.807) is 11.8 Å². The predicted molar refractivity (Wildman–Crippen MR) is 116 cm³/mol. The maximum atomic E-state index is 11.5. The molecule has 1 rings (SSSR count). The second kappa shape index (κ2) is 11.5. The van der Waals surface area contributed by atoms with Crippen LogP contribution in [0.25, 0.3) is 0 Å². The quantitative estimate of drug-likeness (QED) is 0.320. The van der Waals surface area contributed by atoms with Crippen molar-refractivity contribution >= 4 is 31.8 Å². The number of hydrogen-bond donors (Lipinski definition) is 3. The van der Waals surface area contributed by atoms with Crippen LogP contribution in [0.1, 0.15) is 58.4 Å². The van der Waals surface area contributed by atoms with Crippen molar-refractivity contribution in [2.24, 2.45) is 5.73 Å². The van der Waals surface area contributed by atoms with E-state index in [0.717, 1.165) is 5.75 Å². The van der Waals surface area contributed by atoms with E-state index in [1.807, 2.05) is 0 Å². The van der Waals surface area contributed by atoms with Gasteiger partial charge in [0.1, 0.15) is 0 Å². The molecular weight excluding hydrogens is 378 g/mol. The fourth-order valence-corrected chi connectivity index (χ4v) is 7.24. The Labute approximate surface area is 167 Å². The number of nitrogens with two attached hydrogens (primary N) is 1. The van der Waals surface area contributed by atoms with E-state index in [9.17, 15) is 19.8 Å². The number of aromatic carboxylic acids is 2. The maximum Gasteiger partial charge on any atom is 0.335 e. The summed E-state index contributed by atoms with van der Waals surface area (Å²) in [6.45, 7) is 7.43. The largest absolute Gasteiger partial charge is 0.478 e. The third-order valence-electron chi connectivity index (χ3n) is 4.92. The molecule has 0 saturated carbocycles. The Bertz CT molecular complexity index is 636. The number of unbranched alkanes of at least 4 members (excludes halogenated alkanes) is 1. The summed E-state index contributed by atoms with van der Waals surface area (Å²) in [5, 5.41) is 18.6. The summed E-state index contributed by atoms with van der Waals surface area (Å²) < 4.78 is 0. The molecular formula is C20H33NO4SSi. The summed E-state index contributed by atoms with van der Waals surface area (Å²) in [6, 6.07) is 6.85. The highest BCUT2D eigenvalue weighted by Gasteiger charge is 2.21. The zero-order chi connectivity index (χ0) is 20.4. The van der Waals surface area contributed by atoms with Crippen molar-refractivity contribution in [3.05, 3.63) is 34.9 Å². The summed E-state index contributed by atoms with van der Waals surface area (Å²) in [6.07, 6.45) is 3.75. The van der Waals surface area contributed by atoms with Crippen LogP contribution >= 0.6 is 11.8 Å². The van der Waals surface area contributed by atoms with E-state index < -0.39 is 20.0 Å². The molecule has 0 saturated heterocycles. The molecule has 0 aliphatic heterocycles. The average Bonchev–Trinajstić information content (AvgIpc) is 2.62. The molecule has 0 amide bonds. The van der Waals surface area contributed by atoms with Gasteiger partial charge >= 0.3 is 11.9 Å². The lowest BCUT2D eigenvalue weighted by Gasteiger charge is -2.22. The number of carboxylic acids is 2. The minimum atomic E-state index is -1.10. The molecule has 0 heterocycles. The molecule has 1 aromatic rings. The molecule has 0 radical (unpaired) electrons. The molecule has 4 N–H and O–H groups in total. The Balaban J connectivity index is 2.67. The molecule has 1 aromatic carbocycles. The predicted octanol–water partition coefficient (Wildman–Crippen LogP) is 4.76. The number of benzene rings is 1. The lowest BCUT2D eigenvalue weighted by molar-refractivity contribution is 0.0680. The van der Waals surface area contributed by atoms with Crippen molar-refractivity contribution in [3.8, 4) is 0 Å². The van der Waals surface area contributed by atoms with Gasteiger partial charge in [-0.3, -0.25) is 0 Å². The van der Waals surface area contributed by atoms with Gasteiger partial charge in [0.25, 0.3) is 0 Å². The molecule has 0 aliphatic carbocycles. The number of hydrogen-bond acceptors (Lipinski definition) is 4. The fraction of sp³-hybridized carbons (Fsp3) is 0.600. The lowest BCUT2D eigenvalue weighted by Crippen LogP contribution is -2.24. The van der Waals surface area contributed by atoms with Gasteiger partial charge in [-0.1, -0.05) is 44.9 Å². The molecule has 0 spiro atoms. The summed E-state index contributed by atoms with van der Waals surface area (Å²) in [7, 11) is -1.10. The first kappa shape index (κ1) is 23.7. The zero-order valence-electron chi connectivity index (χ0n) is 16.7. The molecule has 152 valence electrons. The van der Waals surface area contributed by atoms with Gasteiger partial charge in [-0.2, -0.15) is 11.8 Å². The van der Waals surface area contributed by atoms with E-state index in [0.29, 0.717) is 17.9 Å². The van der Waals surface area contributed by atoms with Crippen molar-refractivity contribution in [1.29, 1.82) is 0 Å². The second-order valence-corrected chi connectivity index (χ2v) is 14.3. The number of carbonyl (C=O) groups is 2. The minimum Gasteiger partial charge on any atom is -0.478 e. The SMILES string of the molecule is CCCC[Si](C)(C)CCCSCC(CN)c1cc(C(=O)O)ccc1C(=O)O. The van der Waals surface area contributed by atoms with Gasteiger partial charge in [0, 0.05) is 19.7 Å². The summed E-state index contributed by atoms with van der Waals surface area (Å²) >= 11 is 1.78. The fourth-order valence-electron chi connectivity index (χ4n) is 3.17. The van der Waals surface area contributed by atoms with Crippen molar-refractivity contribution in [2.45, 2.75) is 57.3 Å². The van der Waals surface area contributed by atoms with Gasteiger partial charge in [0.15, 0.2) is 0 Å². The van der Waals surface area contributed by atoms with E-state index >= 15 is 0 Å². The monoisotopic (exact) mass is 411 g/mol. The van der Waals surface area contributed by atoms with Crippen molar-refractivity contribution in [3.63, 3.8) is 0 Å². The van der Waals surface area contributed by atoms with Gasteiger partial charge in [0.2, 0.25) is 0 Å². The Morgan fingerprint density at radius 1 is 1.15 bits per heavy atom. The van der Waals surface area contributed by atoms with Crippen LogP contribution in [-0.2, 0) is 0 Å². The van der Waals surface area contributed by atoms with Crippen LogP contribution in [0.5, 0.6) is 0 Å². The minimum absolute atomic E-state index is 0.0992. The summed E-state index contributed by atoms with van der Waals surface area (Å²) in [5.74, 6) is -0.535. The van der Waals surface area contributed by atoms with E-state index in [2.05, 4.69) is 20.0 Å². The van der Waals surface area contributed by atoms with Gasteiger partial charge < -0.3 is 15.9 Å². The van der Waals surface area contributed by atoms with Crippen molar-refractivity contribution in [2.75, 3.05) is 18.1 Å². The second-order valence-electron chi connectivity index (χ2n) is 7.79. The topological polar surface area (TPSA) is 101 Å². The van der Waals surface area contributed by atoms with Crippen LogP contribution in [0.3, 0.4) is 0 Å². The van der Waals surface area contributed by atoms with Crippen LogP contribution in [0.15, 0.2) is 18.2 Å². The lowest BCUT2D eigenvalue weighted by atomic mass is 9.93. The number of rotatable bonds is 13. The molecule has 0 bridgehead atoms. The Morgan fingerprint density at radius 2 is 1.81 bits per heavy atom. The highest BCUT2D eigenvalue weighted by molar-refractivity contribution is 7.99. The molecule has 27 heavy (non-hydrogen) atoms. The zero-order valence-corrected chi connectivity index (χ0v) is 18.5. The number of carboxylic acid groups (broad SMARTS) is 2. The highest BCUT2D eigenvalue weighted by atomic mass is 32.2. The van der Waals surface area contributed by atoms with Crippen LogP contribution < -0.4 is 5.73 Å². The standard InChI is InChI=1S/C20H33NO4SSi/c1-4-5-10-27(2,3)11-6-9-26-14-16(13-21)18-12-15(19(22)23)7-8-17(18)20(24)25/h7-8,12,16H,4-6,9-11,13-14,21H2,1-3H3,(H,22,23)(H,24,25). The van der Waals surface area contributed by atoms with Gasteiger partial charge in [-0.15, -0.1) is 0 Å². The van der Waals surface area contributed by atoms with E-state index in [4.69, 9.17) is 5.73 Å². The van der Waals surface area contributed by atoms with Crippen molar-refractivity contribution < 1.29 is 19.8 Å². The summed E-state index contributed by atoms with van der Waals surface area (Å²) in [4.78, 5) is 22.7. The first-order valence-corrected chi connectivity index (χ1v) is 14.2. The van der Waals surface area contributed by atoms with E-state index in [1.165, 1.54) is 49.5 Å². The van der Waals surface area contributed by atoms with Gasteiger partial charge in [0.05, 0.1) is 11.1 Å². The van der Waals surface area contributed by atoms with Crippen LogP contribution in [0.2, 0.25) is 25.2 Å². The first-order valence-electron chi connectivity index (χ1n) is 9.60. The van der Waals surface area contributed by atoms with Crippen molar-refractivity contribution in [1.82, 2.24) is 0 Å². The van der Waals surface area contributed by atoms with E-state index in [-0.39, 0.29) is 17.0 Å². The molecule has 0 aliphatic rings.